The third-order valence-electron chi connectivity index (χ3n) is 3.15. The second-order valence-electron chi connectivity index (χ2n) is 6.13. The van der Waals surface area contributed by atoms with E-state index in [0.29, 0.717) is 6.54 Å². The normalized spacial score (nSPS) is 11.7. The summed E-state index contributed by atoms with van der Waals surface area (Å²) in [6.07, 6.45) is 2.98. The van der Waals surface area contributed by atoms with Gasteiger partial charge in [-0.25, -0.2) is 9.97 Å². The number of aromatic nitrogens is 4. The minimum atomic E-state index is -0.0803. The van der Waals surface area contributed by atoms with E-state index in [1.807, 2.05) is 24.0 Å². The van der Waals surface area contributed by atoms with Crippen molar-refractivity contribution in [3.63, 3.8) is 0 Å². The second-order valence-corrected chi connectivity index (χ2v) is 6.94. The Kier molecular flexibility index (Phi) is 4.66. The average Bonchev–Trinajstić information content (AvgIpc) is 2.75. The van der Waals surface area contributed by atoms with E-state index >= 15 is 0 Å². The van der Waals surface area contributed by atoms with Gasteiger partial charge in [0.15, 0.2) is 0 Å². The Hall–Kier alpha value is -1.43. The molecule has 2 heterocycles. The molecule has 21 heavy (non-hydrogen) atoms. The summed E-state index contributed by atoms with van der Waals surface area (Å²) in [7, 11) is 1.95. The number of hydrogen-bond donors (Lipinski definition) is 1. The monoisotopic (exact) mass is 351 g/mol. The topological polar surface area (TPSA) is 55.6 Å². The van der Waals surface area contributed by atoms with E-state index in [2.05, 4.69) is 64.0 Å². The molecule has 5 nitrogen and oxygen atoms in total. The summed E-state index contributed by atoms with van der Waals surface area (Å²) in [5.41, 5.74) is 2.24. The molecular weight excluding hydrogens is 330 g/mol. The van der Waals surface area contributed by atoms with Crippen LogP contribution >= 0.6 is 15.9 Å². The van der Waals surface area contributed by atoms with E-state index < -0.39 is 0 Å². The molecule has 2 aromatic rings. The van der Waals surface area contributed by atoms with Crippen LogP contribution in [0.25, 0.3) is 0 Å². The molecule has 2 aromatic heterocycles. The van der Waals surface area contributed by atoms with Gasteiger partial charge in [-0.2, -0.15) is 5.10 Å². The first-order chi connectivity index (χ1) is 9.79. The highest BCUT2D eigenvalue weighted by Crippen LogP contribution is 2.22. The van der Waals surface area contributed by atoms with Crippen molar-refractivity contribution in [3.8, 4) is 0 Å². The molecule has 0 amide bonds. The summed E-state index contributed by atoms with van der Waals surface area (Å²) in [6.45, 7) is 9.15. The van der Waals surface area contributed by atoms with Gasteiger partial charge >= 0.3 is 0 Å². The van der Waals surface area contributed by atoms with Crippen molar-refractivity contribution < 1.29 is 0 Å². The summed E-state index contributed by atoms with van der Waals surface area (Å²) >= 11 is 3.46. The number of nitrogens with zero attached hydrogens (tertiary/aromatic N) is 4. The third-order valence-corrected chi connectivity index (χ3v) is 3.56. The largest absolute Gasteiger partial charge is 0.366 e. The summed E-state index contributed by atoms with van der Waals surface area (Å²) in [4.78, 5) is 9.05. The number of aryl methyl sites for hydroxylation is 2. The third kappa shape index (κ3) is 4.03. The number of nitrogens with one attached hydrogen (secondary N) is 1. The molecule has 0 atom stereocenters. The van der Waals surface area contributed by atoms with E-state index in [9.17, 15) is 0 Å². The van der Waals surface area contributed by atoms with Crippen molar-refractivity contribution in [2.75, 3.05) is 5.32 Å². The van der Waals surface area contributed by atoms with Crippen LogP contribution in [-0.4, -0.2) is 19.7 Å². The van der Waals surface area contributed by atoms with Crippen LogP contribution in [0.1, 0.15) is 44.8 Å². The maximum absolute atomic E-state index is 4.60. The van der Waals surface area contributed by atoms with Crippen LogP contribution in [0, 0.1) is 0 Å². The Bertz CT molecular complexity index is 627. The van der Waals surface area contributed by atoms with Crippen LogP contribution in [0.15, 0.2) is 16.9 Å². The van der Waals surface area contributed by atoms with Crippen molar-refractivity contribution in [3.05, 3.63) is 33.9 Å². The van der Waals surface area contributed by atoms with Crippen molar-refractivity contribution in [1.29, 1.82) is 0 Å². The van der Waals surface area contributed by atoms with Gasteiger partial charge in [-0.1, -0.05) is 27.7 Å². The number of anilines is 1. The lowest BCUT2D eigenvalue weighted by atomic mass is 9.96. The smallest absolute Gasteiger partial charge is 0.137 e. The van der Waals surface area contributed by atoms with Crippen molar-refractivity contribution >= 4 is 21.7 Å². The zero-order valence-corrected chi connectivity index (χ0v) is 14.8. The van der Waals surface area contributed by atoms with Crippen molar-refractivity contribution in [1.82, 2.24) is 19.7 Å². The molecule has 6 heteroatoms. The molecule has 0 spiro atoms. The zero-order chi connectivity index (χ0) is 15.6. The van der Waals surface area contributed by atoms with Gasteiger partial charge in [0.05, 0.1) is 5.69 Å². The van der Waals surface area contributed by atoms with E-state index in [-0.39, 0.29) is 5.41 Å². The fourth-order valence-corrected chi connectivity index (χ4v) is 2.44. The van der Waals surface area contributed by atoms with Gasteiger partial charge in [0.25, 0.3) is 0 Å². The average molecular weight is 352 g/mol. The molecule has 2 rings (SSSR count). The Morgan fingerprint density at radius 2 is 2.00 bits per heavy atom. The van der Waals surface area contributed by atoms with Crippen LogP contribution in [0.2, 0.25) is 0 Å². The van der Waals surface area contributed by atoms with Gasteiger partial charge in [0.2, 0.25) is 0 Å². The molecule has 0 fully saturated rings. The molecule has 1 N–H and O–H groups in total. The van der Waals surface area contributed by atoms with E-state index in [1.54, 1.807) is 0 Å². The Morgan fingerprint density at radius 1 is 1.29 bits per heavy atom. The van der Waals surface area contributed by atoms with Gasteiger partial charge in [-0.3, -0.25) is 4.68 Å². The predicted molar refractivity (Wildman–Crippen MR) is 88.3 cm³/mol. The molecule has 0 aliphatic heterocycles. The lowest BCUT2D eigenvalue weighted by Crippen LogP contribution is -2.17. The molecule has 0 aromatic carbocycles. The first kappa shape index (κ1) is 15.9. The standard InChI is InChI=1S/C15H22BrN5/c1-6-11-10(9-21(5)20-11)8-17-13-7-12(16)18-14(19-13)15(2,3)4/h7,9H,6,8H2,1-5H3,(H,17,18,19). The minimum Gasteiger partial charge on any atom is -0.366 e. The molecule has 114 valence electrons. The number of halogens is 1. The molecule has 0 saturated heterocycles. The predicted octanol–water partition coefficient (Wildman–Crippen LogP) is 3.44. The van der Waals surface area contributed by atoms with Gasteiger partial charge in [0, 0.05) is 36.8 Å². The molecular formula is C15H22BrN5. The maximum atomic E-state index is 4.60. The quantitative estimate of drug-likeness (QED) is 0.857. The fourth-order valence-electron chi connectivity index (χ4n) is 2.06. The minimum absolute atomic E-state index is 0.0803. The van der Waals surface area contributed by atoms with Crippen LogP contribution in [0.3, 0.4) is 0 Å². The first-order valence-electron chi connectivity index (χ1n) is 7.10. The summed E-state index contributed by atoms with van der Waals surface area (Å²) in [5.74, 6) is 1.65. The van der Waals surface area contributed by atoms with Crippen molar-refractivity contribution in [2.24, 2.45) is 7.05 Å². The summed E-state index contributed by atoms with van der Waals surface area (Å²) in [6, 6.07) is 1.90. The number of hydrogen-bond acceptors (Lipinski definition) is 4. The maximum Gasteiger partial charge on any atom is 0.137 e. The van der Waals surface area contributed by atoms with Crippen LogP contribution < -0.4 is 5.32 Å². The SMILES string of the molecule is CCc1nn(C)cc1CNc1cc(Br)nc(C(C)(C)C)n1. The van der Waals surface area contributed by atoms with Crippen molar-refractivity contribution in [2.45, 2.75) is 46.1 Å². The molecule has 0 unspecified atom stereocenters. The van der Waals surface area contributed by atoms with Gasteiger partial charge in [-0.15, -0.1) is 0 Å². The molecule has 0 radical (unpaired) electrons. The highest BCUT2D eigenvalue weighted by molar-refractivity contribution is 9.10. The number of rotatable bonds is 4. The summed E-state index contributed by atoms with van der Waals surface area (Å²) < 4.78 is 2.65. The Balaban J connectivity index is 2.18. The van der Waals surface area contributed by atoms with Crippen LogP contribution in [0.5, 0.6) is 0 Å². The molecule has 0 aliphatic rings. The fraction of sp³-hybridized carbons (Fsp3) is 0.533. The van der Waals surface area contributed by atoms with Crippen LogP contribution in [-0.2, 0) is 25.4 Å². The lowest BCUT2D eigenvalue weighted by Gasteiger charge is -2.18. The molecule has 0 aliphatic carbocycles. The highest BCUT2D eigenvalue weighted by atomic mass is 79.9. The summed E-state index contributed by atoms with van der Waals surface area (Å²) in [5, 5.41) is 7.82. The zero-order valence-electron chi connectivity index (χ0n) is 13.2. The van der Waals surface area contributed by atoms with E-state index in [1.165, 1.54) is 5.56 Å². The van der Waals surface area contributed by atoms with E-state index in [4.69, 9.17) is 0 Å². The second kappa shape index (κ2) is 6.13. The van der Waals surface area contributed by atoms with E-state index in [0.717, 1.165) is 28.4 Å². The molecule has 0 saturated carbocycles. The molecule has 0 bridgehead atoms. The van der Waals surface area contributed by atoms with Gasteiger partial charge < -0.3 is 5.32 Å². The van der Waals surface area contributed by atoms with Gasteiger partial charge in [0.1, 0.15) is 16.2 Å². The first-order valence-corrected chi connectivity index (χ1v) is 7.89. The lowest BCUT2D eigenvalue weighted by molar-refractivity contribution is 0.544. The van der Waals surface area contributed by atoms with Gasteiger partial charge in [-0.05, 0) is 22.4 Å². The van der Waals surface area contributed by atoms with Crippen LogP contribution in [0.4, 0.5) is 5.82 Å². The highest BCUT2D eigenvalue weighted by Gasteiger charge is 2.18. The Labute approximate surface area is 134 Å². The Morgan fingerprint density at radius 3 is 2.62 bits per heavy atom.